The van der Waals surface area contributed by atoms with Crippen LogP contribution in [0.15, 0.2) is 82.3 Å². The van der Waals surface area contributed by atoms with E-state index in [2.05, 4.69) is 4.98 Å². The minimum Gasteiger partial charge on any atom is -0.497 e. The standard InChI is InChI=1S/C22H15NO5/c1-26-16-8-6-14(7-9-16)20-21(28-22(25)15-10-12-23-13-11-15)19(24)17-4-2-3-5-18(17)27-20/h2-13H,1H3. The number of nitrogens with zero attached hydrogens (tertiary/aromatic N) is 1. The molecule has 0 aliphatic carbocycles. The van der Waals surface area contributed by atoms with Crippen molar-refractivity contribution in [2.75, 3.05) is 7.11 Å². The van der Waals surface area contributed by atoms with Crippen LogP contribution in [0.1, 0.15) is 10.4 Å². The maximum absolute atomic E-state index is 13.0. The minimum absolute atomic E-state index is 0.161. The smallest absolute Gasteiger partial charge is 0.343 e. The molecule has 0 amide bonds. The van der Waals surface area contributed by atoms with E-state index in [0.29, 0.717) is 22.3 Å². The monoisotopic (exact) mass is 373 g/mol. The van der Waals surface area contributed by atoms with Crippen molar-refractivity contribution in [1.29, 1.82) is 0 Å². The second-order valence-electron chi connectivity index (χ2n) is 5.94. The van der Waals surface area contributed by atoms with Crippen LogP contribution in [0.5, 0.6) is 11.5 Å². The number of carbonyl (C=O) groups excluding carboxylic acids is 1. The zero-order valence-corrected chi connectivity index (χ0v) is 14.9. The molecule has 138 valence electrons. The molecule has 4 rings (SSSR count). The van der Waals surface area contributed by atoms with Crippen LogP contribution in [0, 0.1) is 0 Å². The molecule has 0 spiro atoms. The van der Waals surface area contributed by atoms with E-state index in [1.807, 2.05) is 0 Å². The highest BCUT2D eigenvalue weighted by Crippen LogP contribution is 2.32. The lowest BCUT2D eigenvalue weighted by atomic mass is 10.1. The third kappa shape index (κ3) is 3.23. The van der Waals surface area contributed by atoms with Gasteiger partial charge in [0.1, 0.15) is 11.3 Å². The first-order valence-electron chi connectivity index (χ1n) is 8.50. The van der Waals surface area contributed by atoms with Crippen molar-refractivity contribution in [2.24, 2.45) is 0 Å². The first kappa shape index (κ1) is 17.5. The quantitative estimate of drug-likeness (QED) is 0.502. The van der Waals surface area contributed by atoms with Gasteiger partial charge in [-0.05, 0) is 48.5 Å². The summed E-state index contributed by atoms with van der Waals surface area (Å²) in [5.74, 6) is 0.00129. The fourth-order valence-corrected chi connectivity index (χ4v) is 2.79. The number of hydrogen-bond acceptors (Lipinski definition) is 6. The Hall–Kier alpha value is -3.93. The van der Waals surface area contributed by atoms with Crippen molar-refractivity contribution >= 4 is 16.9 Å². The average molecular weight is 373 g/mol. The zero-order valence-electron chi connectivity index (χ0n) is 14.9. The number of fused-ring (bicyclic) bond motifs is 1. The van der Waals surface area contributed by atoms with Gasteiger partial charge in [0.15, 0.2) is 5.76 Å². The van der Waals surface area contributed by atoms with Crippen LogP contribution in [0.25, 0.3) is 22.3 Å². The molecule has 2 heterocycles. The number of esters is 1. The Morgan fingerprint density at radius 1 is 0.964 bits per heavy atom. The van der Waals surface area contributed by atoms with Crippen molar-refractivity contribution in [3.63, 3.8) is 0 Å². The van der Waals surface area contributed by atoms with Gasteiger partial charge in [0, 0.05) is 18.0 Å². The Kier molecular flexibility index (Phi) is 4.60. The van der Waals surface area contributed by atoms with Crippen LogP contribution in [0.4, 0.5) is 0 Å². The summed E-state index contributed by atoms with van der Waals surface area (Å²) in [6.45, 7) is 0. The summed E-state index contributed by atoms with van der Waals surface area (Å²) in [6, 6.07) is 16.8. The largest absolute Gasteiger partial charge is 0.497 e. The van der Waals surface area contributed by atoms with Gasteiger partial charge >= 0.3 is 5.97 Å². The van der Waals surface area contributed by atoms with Crippen molar-refractivity contribution in [2.45, 2.75) is 0 Å². The van der Waals surface area contributed by atoms with Gasteiger partial charge in [0.05, 0.1) is 18.1 Å². The van der Waals surface area contributed by atoms with Gasteiger partial charge in [-0.3, -0.25) is 9.78 Å². The summed E-state index contributed by atoms with van der Waals surface area (Å²) < 4.78 is 16.6. The molecule has 0 saturated carbocycles. The molecule has 6 nitrogen and oxygen atoms in total. The van der Waals surface area contributed by atoms with Gasteiger partial charge < -0.3 is 13.9 Å². The molecular formula is C22H15NO5. The van der Waals surface area contributed by atoms with Gasteiger partial charge in [-0.2, -0.15) is 0 Å². The topological polar surface area (TPSA) is 78.6 Å². The number of aromatic nitrogens is 1. The van der Waals surface area contributed by atoms with E-state index in [1.54, 1.807) is 55.6 Å². The first-order valence-corrected chi connectivity index (χ1v) is 8.50. The minimum atomic E-state index is -0.667. The highest BCUT2D eigenvalue weighted by molar-refractivity contribution is 5.92. The maximum atomic E-state index is 13.0. The molecule has 0 fully saturated rings. The van der Waals surface area contributed by atoms with Crippen molar-refractivity contribution in [1.82, 2.24) is 4.98 Å². The molecule has 2 aromatic carbocycles. The molecule has 4 aromatic rings. The fraction of sp³-hybridized carbons (Fsp3) is 0.0455. The van der Waals surface area contributed by atoms with Crippen molar-refractivity contribution in [3.05, 3.63) is 88.8 Å². The van der Waals surface area contributed by atoms with Crippen LogP contribution in [0.2, 0.25) is 0 Å². The molecule has 0 atom stereocenters. The SMILES string of the molecule is COc1ccc(-c2oc3ccccc3c(=O)c2OC(=O)c2ccncc2)cc1. The Morgan fingerprint density at radius 2 is 1.68 bits per heavy atom. The molecule has 0 aliphatic heterocycles. The van der Waals surface area contributed by atoms with E-state index in [0.717, 1.165) is 0 Å². The lowest BCUT2D eigenvalue weighted by Gasteiger charge is -2.11. The van der Waals surface area contributed by atoms with Crippen LogP contribution in [-0.2, 0) is 0 Å². The molecule has 0 N–H and O–H groups in total. The normalized spacial score (nSPS) is 10.6. The third-order valence-corrected chi connectivity index (χ3v) is 4.22. The number of methoxy groups -OCH3 is 1. The van der Waals surface area contributed by atoms with Crippen LogP contribution >= 0.6 is 0 Å². The van der Waals surface area contributed by atoms with E-state index in [1.165, 1.54) is 24.5 Å². The second kappa shape index (κ2) is 7.36. The highest BCUT2D eigenvalue weighted by Gasteiger charge is 2.21. The van der Waals surface area contributed by atoms with Gasteiger partial charge in [0.2, 0.25) is 11.2 Å². The highest BCUT2D eigenvalue weighted by atomic mass is 16.5. The first-order chi connectivity index (χ1) is 13.7. The number of ether oxygens (including phenoxy) is 2. The third-order valence-electron chi connectivity index (χ3n) is 4.22. The molecule has 0 unspecified atom stereocenters. The summed E-state index contributed by atoms with van der Waals surface area (Å²) >= 11 is 0. The maximum Gasteiger partial charge on any atom is 0.343 e. The number of hydrogen-bond donors (Lipinski definition) is 0. The lowest BCUT2D eigenvalue weighted by Crippen LogP contribution is -2.16. The summed E-state index contributed by atoms with van der Waals surface area (Å²) in [7, 11) is 1.56. The summed E-state index contributed by atoms with van der Waals surface area (Å²) in [4.78, 5) is 29.4. The van der Waals surface area contributed by atoms with Crippen molar-refractivity contribution < 1.29 is 18.7 Å². The number of para-hydroxylation sites is 1. The lowest BCUT2D eigenvalue weighted by molar-refractivity contribution is 0.0731. The second-order valence-corrected chi connectivity index (χ2v) is 5.94. The average Bonchev–Trinajstić information content (AvgIpc) is 2.76. The van der Waals surface area contributed by atoms with Gasteiger partial charge in [-0.1, -0.05) is 12.1 Å². The number of pyridine rings is 1. The van der Waals surface area contributed by atoms with E-state index in [9.17, 15) is 9.59 Å². The molecule has 0 aliphatic rings. The predicted octanol–water partition coefficient (Wildman–Crippen LogP) is 4.08. The van der Waals surface area contributed by atoms with Crippen molar-refractivity contribution in [3.8, 4) is 22.8 Å². The molecular weight excluding hydrogens is 358 g/mol. The number of carbonyl (C=O) groups is 1. The van der Waals surface area contributed by atoms with E-state index >= 15 is 0 Å². The molecule has 0 radical (unpaired) electrons. The Morgan fingerprint density at radius 3 is 2.39 bits per heavy atom. The van der Waals surface area contributed by atoms with Crippen LogP contribution < -0.4 is 14.9 Å². The fourth-order valence-electron chi connectivity index (χ4n) is 2.79. The Bertz CT molecular complexity index is 1200. The van der Waals surface area contributed by atoms with Gasteiger partial charge in [0.25, 0.3) is 0 Å². The van der Waals surface area contributed by atoms with E-state index in [4.69, 9.17) is 13.9 Å². The van der Waals surface area contributed by atoms with Crippen LogP contribution in [0.3, 0.4) is 0 Å². The predicted molar refractivity (Wildman–Crippen MR) is 104 cm³/mol. The zero-order chi connectivity index (χ0) is 19.5. The number of benzene rings is 2. The Labute approximate surface area is 160 Å². The van der Waals surface area contributed by atoms with E-state index < -0.39 is 11.4 Å². The van der Waals surface area contributed by atoms with Gasteiger partial charge in [-0.15, -0.1) is 0 Å². The molecule has 0 bridgehead atoms. The summed E-state index contributed by atoms with van der Waals surface area (Å²) in [5, 5.41) is 0.331. The summed E-state index contributed by atoms with van der Waals surface area (Å²) in [6.07, 6.45) is 2.95. The molecule has 0 saturated heterocycles. The van der Waals surface area contributed by atoms with E-state index in [-0.39, 0.29) is 17.1 Å². The number of rotatable bonds is 4. The van der Waals surface area contributed by atoms with Gasteiger partial charge in [-0.25, -0.2) is 4.79 Å². The molecule has 6 heteroatoms. The van der Waals surface area contributed by atoms with Crippen LogP contribution in [-0.4, -0.2) is 18.1 Å². The Balaban J connectivity index is 1.88. The molecule has 28 heavy (non-hydrogen) atoms. The molecule has 2 aromatic heterocycles. The summed E-state index contributed by atoms with van der Waals surface area (Å²) in [5.41, 5.74) is 0.849.